The molecule has 1 aliphatic rings. The van der Waals surface area contributed by atoms with Crippen LogP contribution in [0.4, 0.5) is 0 Å². The quantitative estimate of drug-likeness (QED) is 0.892. The van der Waals surface area contributed by atoms with E-state index < -0.39 is 12.0 Å². The van der Waals surface area contributed by atoms with E-state index in [1.165, 1.54) is 11.6 Å². The van der Waals surface area contributed by atoms with E-state index in [0.717, 1.165) is 28.2 Å². The van der Waals surface area contributed by atoms with Crippen molar-refractivity contribution in [2.24, 2.45) is 0 Å². The number of rotatable bonds is 4. The predicted molar refractivity (Wildman–Crippen MR) is 92.3 cm³/mol. The Labute approximate surface area is 140 Å². The summed E-state index contributed by atoms with van der Waals surface area (Å²) in [5, 5.41) is 20.7. The van der Waals surface area contributed by atoms with Crippen molar-refractivity contribution in [1.82, 2.24) is 5.06 Å². The molecule has 2 N–H and O–H groups in total. The van der Waals surface area contributed by atoms with Crippen molar-refractivity contribution in [1.29, 1.82) is 0 Å². The van der Waals surface area contributed by atoms with Crippen molar-refractivity contribution in [3.63, 3.8) is 0 Å². The lowest BCUT2D eigenvalue weighted by molar-refractivity contribution is -0.145. The molecule has 0 amide bonds. The summed E-state index contributed by atoms with van der Waals surface area (Å²) < 4.78 is 0. The average molecular weight is 321 g/mol. The smallest absolute Gasteiger partial charge is 0.354 e. The standard InChI is InChI=1S/C20H19NO3/c1-2-14-8-10-15(11-9-14)17-12-13-18(20(22)23)21(24)19(17)16-6-4-3-5-7-16/h3-13,19,24H,2H2,1H3,(H,22,23). The molecule has 0 fully saturated rings. The van der Waals surface area contributed by atoms with Gasteiger partial charge in [-0.25, -0.2) is 9.86 Å². The van der Waals surface area contributed by atoms with Gasteiger partial charge in [-0.3, -0.25) is 5.21 Å². The molecule has 1 unspecified atom stereocenters. The summed E-state index contributed by atoms with van der Waals surface area (Å²) in [4.78, 5) is 11.4. The molecule has 3 rings (SSSR count). The molecule has 2 aromatic carbocycles. The molecule has 4 nitrogen and oxygen atoms in total. The molecular weight excluding hydrogens is 302 g/mol. The van der Waals surface area contributed by atoms with Crippen LogP contribution in [-0.4, -0.2) is 21.3 Å². The van der Waals surface area contributed by atoms with Crippen LogP contribution in [0.2, 0.25) is 0 Å². The van der Waals surface area contributed by atoms with Gasteiger partial charge >= 0.3 is 5.97 Å². The number of aliphatic carboxylic acids is 1. The van der Waals surface area contributed by atoms with Gasteiger partial charge in [0.2, 0.25) is 0 Å². The second-order valence-corrected chi connectivity index (χ2v) is 5.69. The van der Waals surface area contributed by atoms with Crippen LogP contribution in [-0.2, 0) is 11.2 Å². The molecule has 0 saturated heterocycles. The summed E-state index contributed by atoms with van der Waals surface area (Å²) in [6.45, 7) is 2.10. The summed E-state index contributed by atoms with van der Waals surface area (Å²) in [7, 11) is 0. The number of benzene rings is 2. The monoisotopic (exact) mass is 321 g/mol. The van der Waals surface area contributed by atoms with E-state index in [4.69, 9.17) is 0 Å². The summed E-state index contributed by atoms with van der Waals surface area (Å²) in [6.07, 6.45) is 4.16. The Hall–Kier alpha value is -2.85. The number of carbonyl (C=O) groups is 1. The maximum Gasteiger partial charge on any atom is 0.354 e. The van der Waals surface area contributed by atoms with Crippen molar-refractivity contribution in [3.8, 4) is 0 Å². The fraction of sp³-hybridized carbons (Fsp3) is 0.150. The minimum atomic E-state index is -1.16. The third kappa shape index (κ3) is 2.96. The number of hydrogen-bond donors (Lipinski definition) is 2. The zero-order valence-electron chi connectivity index (χ0n) is 13.4. The van der Waals surface area contributed by atoms with Gasteiger partial charge < -0.3 is 5.11 Å². The zero-order valence-corrected chi connectivity index (χ0v) is 13.4. The molecule has 4 heteroatoms. The highest BCUT2D eigenvalue weighted by Gasteiger charge is 2.31. The predicted octanol–water partition coefficient (Wildman–Crippen LogP) is 4.05. The number of hydroxylamine groups is 2. The Morgan fingerprint density at radius 2 is 1.71 bits per heavy atom. The van der Waals surface area contributed by atoms with Gasteiger partial charge in [-0.05, 0) is 34.8 Å². The van der Waals surface area contributed by atoms with Crippen LogP contribution in [0, 0.1) is 0 Å². The van der Waals surface area contributed by atoms with Gasteiger partial charge in [-0.1, -0.05) is 67.6 Å². The Balaban J connectivity index is 2.09. The summed E-state index contributed by atoms with van der Waals surface area (Å²) in [5.41, 5.74) is 3.74. The van der Waals surface area contributed by atoms with Crippen molar-refractivity contribution in [2.75, 3.05) is 0 Å². The van der Waals surface area contributed by atoms with E-state index in [9.17, 15) is 15.1 Å². The van der Waals surface area contributed by atoms with E-state index in [0.29, 0.717) is 0 Å². The molecule has 0 bridgehead atoms. The highest BCUT2D eigenvalue weighted by Crippen LogP contribution is 2.39. The Morgan fingerprint density at radius 3 is 2.29 bits per heavy atom. The van der Waals surface area contributed by atoms with E-state index >= 15 is 0 Å². The Morgan fingerprint density at radius 1 is 1.04 bits per heavy atom. The molecule has 2 aromatic rings. The molecule has 1 heterocycles. The van der Waals surface area contributed by atoms with Crippen LogP contribution >= 0.6 is 0 Å². The second-order valence-electron chi connectivity index (χ2n) is 5.69. The molecule has 0 aromatic heterocycles. The molecule has 0 aliphatic carbocycles. The van der Waals surface area contributed by atoms with Gasteiger partial charge in [0.25, 0.3) is 0 Å². The number of hydrogen-bond acceptors (Lipinski definition) is 3. The van der Waals surface area contributed by atoms with E-state index in [2.05, 4.69) is 19.1 Å². The average Bonchev–Trinajstić information content (AvgIpc) is 2.62. The normalized spacial score (nSPS) is 17.2. The van der Waals surface area contributed by atoms with Gasteiger partial charge in [0.1, 0.15) is 11.7 Å². The SMILES string of the molecule is CCc1ccc(C2=CC=C(C(=O)O)N(O)C2c2ccccc2)cc1. The first-order valence-corrected chi connectivity index (χ1v) is 7.89. The second kappa shape index (κ2) is 6.72. The van der Waals surface area contributed by atoms with Crippen molar-refractivity contribution in [3.05, 3.63) is 89.1 Å². The minimum absolute atomic E-state index is 0.141. The number of nitrogens with zero attached hydrogens (tertiary/aromatic N) is 1. The minimum Gasteiger partial charge on any atom is -0.477 e. The van der Waals surface area contributed by atoms with Crippen LogP contribution in [0.5, 0.6) is 0 Å². The molecule has 0 saturated carbocycles. The fourth-order valence-corrected chi connectivity index (χ4v) is 2.92. The van der Waals surface area contributed by atoms with Gasteiger partial charge in [0.05, 0.1) is 0 Å². The molecule has 1 atom stereocenters. The van der Waals surface area contributed by atoms with Gasteiger partial charge in [0, 0.05) is 0 Å². The highest BCUT2D eigenvalue weighted by molar-refractivity contribution is 5.89. The summed E-state index contributed by atoms with van der Waals surface area (Å²) >= 11 is 0. The van der Waals surface area contributed by atoms with E-state index in [-0.39, 0.29) is 5.70 Å². The first kappa shape index (κ1) is 16.0. The highest BCUT2D eigenvalue weighted by atomic mass is 16.5. The number of allylic oxidation sites excluding steroid dienone is 2. The van der Waals surface area contributed by atoms with Crippen LogP contribution in [0.15, 0.2) is 72.4 Å². The maximum absolute atomic E-state index is 11.4. The molecule has 24 heavy (non-hydrogen) atoms. The lowest BCUT2D eigenvalue weighted by atomic mass is 9.89. The third-order valence-corrected chi connectivity index (χ3v) is 4.24. The van der Waals surface area contributed by atoms with Gasteiger partial charge in [-0.2, -0.15) is 0 Å². The van der Waals surface area contributed by atoms with Crippen LogP contribution in [0.25, 0.3) is 5.57 Å². The zero-order chi connectivity index (χ0) is 17.1. The molecule has 1 aliphatic heterocycles. The van der Waals surface area contributed by atoms with Crippen LogP contribution in [0.1, 0.15) is 29.7 Å². The number of carboxylic acids is 1. The van der Waals surface area contributed by atoms with Crippen LogP contribution in [0.3, 0.4) is 0 Å². The van der Waals surface area contributed by atoms with E-state index in [1.54, 1.807) is 6.08 Å². The van der Waals surface area contributed by atoms with Gasteiger partial charge in [0.15, 0.2) is 0 Å². The molecule has 122 valence electrons. The largest absolute Gasteiger partial charge is 0.477 e. The number of carboxylic acid groups (broad SMARTS) is 1. The van der Waals surface area contributed by atoms with Crippen molar-refractivity contribution >= 4 is 11.5 Å². The van der Waals surface area contributed by atoms with Crippen molar-refractivity contribution < 1.29 is 15.1 Å². The van der Waals surface area contributed by atoms with Crippen LogP contribution < -0.4 is 0 Å². The van der Waals surface area contributed by atoms with Gasteiger partial charge in [-0.15, -0.1) is 0 Å². The third-order valence-electron chi connectivity index (χ3n) is 4.24. The number of aryl methyl sites for hydroxylation is 1. The first-order valence-electron chi connectivity index (χ1n) is 7.89. The lowest BCUT2D eigenvalue weighted by Crippen LogP contribution is -2.31. The maximum atomic E-state index is 11.4. The van der Waals surface area contributed by atoms with Crippen molar-refractivity contribution in [2.45, 2.75) is 19.4 Å². The van der Waals surface area contributed by atoms with E-state index in [1.807, 2.05) is 42.5 Å². The molecule has 0 radical (unpaired) electrons. The molecular formula is C20H19NO3. The topological polar surface area (TPSA) is 60.8 Å². The Bertz CT molecular complexity index is 791. The molecule has 0 spiro atoms. The Kier molecular flexibility index (Phi) is 4.49. The summed E-state index contributed by atoms with van der Waals surface area (Å²) in [6, 6.07) is 17.0. The lowest BCUT2D eigenvalue weighted by Gasteiger charge is -2.33. The fourth-order valence-electron chi connectivity index (χ4n) is 2.92. The summed E-state index contributed by atoms with van der Waals surface area (Å²) in [5.74, 6) is -1.16. The first-order chi connectivity index (χ1) is 11.6.